The molecule has 3 aromatic rings. The van der Waals surface area contributed by atoms with Crippen LogP contribution in [0.4, 0.5) is 5.69 Å². The molecule has 0 atom stereocenters. The van der Waals surface area contributed by atoms with E-state index in [0.29, 0.717) is 0 Å². The molecule has 4 rings (SSSR count). The first-order valence-corrected chi connectivity index (χ1v) is 9.32. The zero-order valence-electron chi connectivity index (χ0n) is 15.0. The Morgan fingerprint density at radius 2 is 1.65 bits per heavy atom. The van der Waals surface area contributed by atoms with Crippen LogP contribution >= 0.6 is 12.2 Å². The SMILES string of the molecule is Cn1c(-c2ccccc2)cn(CN2CCN(c3ccncc3)CC2)c1=S. The number of rotatable bonds is 4. The molecule has 1 saturated heterocycles. The maximum atomic E-state index is 5.66. The molecular formula is C20H23N5S. The molecule has 0 unspecified atom stereocenters. The Hall–Kier alpha value is -2.44. The van der Waals surface area contributed by atoms with Crippen LogP contribution in [0, 0.1) is 4.77 Å². The minimum absolute atomic E-state index is 0.837. The maximum Gasteiger partial charge on any atom is 0.181 e. The summed E-state index contributed by atoms with van der Waals surface area (Å²) in [4.78, 5) is 8.98. The van der Waals surface area contributed by atoms with Gasteiger partial charge in [0.1, 0.15) is 0 Å². The first kappa shape index (κ1) is 17.0. The molecule has 1 aliphatic heterocycles. The van der Waals surface area contributed by atoms with Crippen molar-refractivity contribution in [2.75, 3.05) is 31.1 Å². The van der Waals surface area contributed by atoms with Gasteiger partial charge in [-0.1, -0.05) is 30.3 Å². The second-order valence-corrected chi connectivity index (χ2v) is 7.01. The molecule has 1 aromatic carbocycles. The van der Waals surface area contributed by atoms with Crippen LogP contribution in [0.15, 0.2) is 61.1 Å². The molecule has 0 radical (unpaired) electrons. The zero-order chi connectivity index (χ0) is 17.9. The summed E-state index contributed by atoms with van der Waals surface area (Å²) < 4.78 is 5.14. The van der Waals surface area contributed by atoms with Crippen molar-refractivity contribution in [3.8, 4) is 11.3 Å². The van der Waals surface area contributed by atoms with Crippen molar-refractivity contribution in [2.45, 2.75) is 6.67 Å². The molecular weight excluding hydrogens is 342 g/mol. The van der Waals surface area contributed by atoms with Gasteiger partial charge >= 0.3 is 0 Å². The number of nitrogens with zero attached hydrogens (tertiary/aromatic N) is 5. The summed E-state index contributed by atoms with van der Waals surface area (Å²) in [5.41, 5.74) is 3.61. The number of benzene rings is 1. The Labute approximate surface area is 159 Å². The lowest BCUT2D eigenvalue weighted by Crippen LogP contribution is -2.46. The summed E-state index contributed by atoms with van der Waals surface area (Å²) in [5, 5.41) is 0. The van der Waals surface area contributed by atoms with Gasteiger partial charge in [-0.2, -0.15) is 0 Å². The van der Waals surface area contributed by atoms with Gasteiger partial charge in [0.2, 0.25) is 0 Å². The minimum Gasteiger partial charge on any atom is -0.369 e. The lowest BCUT2D eigenvalue weighted by atomic mass is 10.2. The highest BCUT2D eigenvalue weighted by atomic mass is 32.1. The van der Waals surface area contributed by atoms with Crippen LogP contribution in [-0.2, 0) is 13.7 Å². The first-order chi connectivity index (χ1) is 12.7. The van der Waals surface area contributed by atoms with Crippen LogP contribution < -0.4 is 4.90 Å². The van der Waals surface area contributed by atoms with Crippen LogP contribution in [0.3, 0.4) is 0 Å². The van der Waals surface area contributed by atoms with Crippen LogP contribution in [-0.4, -0.2) is 45.2 Å². The van der Waals surface area contributed by atoms with E-state index >= 15 is 0 Å². The van der Waals surface area contributed by atoms with Gasteiger partial charge in [0.15, 0.2) is 4.77 Å². The summed E-state index contributed by atoms with van der Waals surface area (Å²) in [6.07, 6.45) is 5.89. The molecule has 0 aliphatic carbocycles. The van der Waals surface area contributed by atoms with Gasteiger partial charge in [-0.05, 0) is 29.9 Å². The van der Waals surface area contributed by atoms with E-state index in [4.69, 9.17) is 12.2 Å². The third-order valence-corrected chi connectivity index (χ3v) is 5.50. The van der Waals surface area contributed by atoms with Gasteiger partial charge in [0, 0.05) is 57.5 Å². The van der Waals surface area contributed by atoms with Crippen molar-refractivity contribution in [1.29, 1.82) is 0 Å². The Morgan fingerprint density at radius 3 is 2.35 bits per heavy atom. The third-order valence-electron chi connectivity index (χ3n) is 4.99. The smallest absolute Gasteiger partial charge is 0.181 e. The van der Waals surface area contributed by atoms with Gasteiger partial charge in [0.25, 0.3) is 0 Å². The Bertz CT molecular complexity index is 908. The second-order valence-electron chi connectivity index (χ2n) is 6.64. The van der Waals surface area contributed by atoms with Gasteiger partial charge in [-0.25, -0.2) is 0 Å². The number of hydrogen-bond donors (Lipinski definition) is 0. The van der Waals surface area contributed by atoms with E-state index in [0.717, 1.165) is 43.3 Å². The van der Waals surface area contributed by atoms with E-state index in [1.165, 1.54) is 11.3 Å². The number of anilines is 1. The number of pyridine rings is 1. The Morgan fingerprint density at radius 1 is 0.962 bits per heavy atom. The van der Waals surface area contributed by atoms with Gasteiger partial charge in [-0.15, -0.1) is 0 Å². The van der Waals surface area contributed by atoms with E-state index in [9.17, 15) is 0 Å². The molecule has 0 spiro atoms. The normalized spacial score (nSPS) is 15.3. The van der Waals surface area contributed by atoms with Crippen molar-refractivity contribution in [1.82, 2.24) is 19.0 Å². The van der Waals surface area contributed by atoms with Crippen LogP contribution in [0.1, 0.15) is 0 Å². The van der Waals surface area contributed by atoms with Crippen molar-refractivity contribution in [3.63, 3.8) is 0 Å². The van der Waals surface area contributed by atoms with E-state index in [2.05, 4.69) is 66.5 Å². The summed E-state index contributed by atoms with van der Waals surface area (Å²) in [6, 6.07) is 14.6. The van der Waals surface area contributed by atoms with E-state index in [1.807, 2.05) is 25.5 Å². The number of piperazine rings is 1. The number of imidazole rings is 1. The predicted octanol–water partition coefficient (Wildman–Crippen LogP) is 3.40. The first-order valence-electron chi connectivity index (χ1n) is 8.91. The molecule has 0 bridgehead atoms. The Balaban J connectivity index is 1.45. The molecule has 1 aliphatic rings. The molecule has 0 amide bonds. The lowest BCUT2D eigenvalue weighted by molar-refractivity contribution is 0.204. The fraction of sp³-hybridized carbons (Fsp3) is 0.300. The van der Waals surface area contributed by atoms with Crippen molar-refractivity contribution < 1.29 is 0 Å². The highest BCUT2D eigenvalue weighted by Gasteiger charge is 2.18. The van der Waals surface area contributed by atoms with Crippen molar-refractivity contribution in [3.05, 3.63) is 65.8 Å². The van der Waals surface area contributed by atoms with E-state index in [1.54, 1.807) is 0 Å². The average Bonchev–Trinajstić information content (AvgIpc) is 2.98. The molecule has 1 fully saturated rings. The number of aromatic nitrogens is 3. The van der Waals surface area contributed by atoms with Crippen molar-refractivity contribution >= 4 is 17.9 Å². The molecule has 134 valence electrons. The summed E-state index contributed by atoms with van der Waals surface area (Å²) in [7, 11) is 2.04. The highest BCUT2D eigenvalue weighted by Crippen LogP contribution is 2.21. The van der Waals surface area contributed by atoms with Gasteiger partial charge < -0.3 is 14.0 Å². The largest absolute Gasteiger partial charge is 0.369 e. The quantitative estimate of drug-likeness (QED) is 0.663. The summed E-state index contributed by atoms with van der Waals surface area (Å²) >= 11 is 5.66. The average molecular weight is 366 g/mol. The highest BCUT2D eigenvalue weighted by molar-refractivity contribution is 7.71. The van der Waals surface area contributed by atoms with Crippen LogP contribution in [0.2, 0.25) is 0 Å². The maximum absolute atomic E-state index is 5.66. The monoisotopic (exact) mass is 365 g/mol. The molecule has 2 aromatic heterocycles. The zero-order valence-corrected chi connectivity index (χ0v) is 15.8. The standard InChI is InChI=1S/C20H23N5S/c1-22-19(17-5-3-2-4-6-17)15-25(20(22)26)16-23-11-13-24(14-12-23)18-7-9-21-10-8-18/h2-10,15H,11-14,16H2,1H3. The fourth-order valence-corrected chi connectivity index (χ4v) is 3.69. The fourth-order valence-electron chi connectivity index (χ4n) is 3.48. The van der Waals surface area contributed by atoms with E-state index in [-0.39, 0.29) is 0 Å². The predicted molar refractivity (Wildman–Crippen MR) is 108 cm³/mol. The molecule has 5 nitrogen and oxygen atoms in total. The summed E-state index contributed by atoms with van der Waals surface area (Å²) in [6.45, 7) is 4.94. The van der Waals surface area contributed by atoms with Gasteiger partial charge in [0.05, 0.1) is 12.4 Å². The summed E-state index contributed by atoms with van der Waals surface area (Å²) in [5.74, 6) is 0. The molecule has 0 saturated carbocycles. The van der Waals surface area contributed by atoms with Crippen molar-refractivity contribution in [2.24, 2.45) is 7.05 Å². The van der Waals surface area contributed by atoms with E-state index < -0.39 is 0 Å². The Kier molecular flexibility index (Phi) is 4.86. The molecule has 0 N–H and O–H groups in total. The van der Waals surface area contributed by atoms with Gasteiger partial charge in [-0.3, -0.25) is 9.88 Å². The molecule has 6 heteroatoms. The molecule has 3 heterocycles. The molecule has 26 heavy (non-hydrogen) atoms. The topological polar surface area (TPSA) is 29.2 Å². The third kappa shape index (κ3) is 3.43. The van der Waals surface area contributed by atoms with Crippen LogP contribution in [0.25, 0.3) is 11.3 Å². The number of hydrogen-bond acceptors (Lipinski definition) is 4. The minimum atomic E-state index is 0.837. The second kappa shape index (κ2) is 7.43. The van der Waals surface area contributed by atoms with Crippen LogP contribution in [0.5, 0.6) is 0 Å². The lowest BCUT2D eigenvalue weighted by Gasteiger charge is -2.36.